The van der Waals surface area contributed by atoms with Crippen molar-refractivity contribution in [2.75, 3.05) is 11.5 Å². The van der Waals surface area contributed by atoms with Gasteiger partial charge in [0, 0.05) is 21.6 Å². The lowest BCUT2D eigenvalue weighted by Gasteiger charge is -2.32. The van der Waals surface area contributed by atoms with E-state index in [-0.39, 0.29) is 18.3 Å². The third kappa shape index (κ3) is 3.70. The SMILES string of the molecule is CCOC(=O)C1=C[C@@H]2[C@H]3C(=O)N(c4cccc5ccccc45)C(=O)[C@@H]3[C@H](C(=O)c3ccc(Br)cc3)N2C=C1. The van der Waals surface area contributed by atoms with E-state index in [2.05, 4.69) is 15.9 Å². The highest BCUT2D eigenvalue weighted by atomic mass is 79.9. The second-order valence-electron chi connectivity index (χ2n) is 9.47. The van der Waals surface area contributed by atoms with E-state index in [1.807, 2.05) is 36.4 Å². The number of carbonyl (C=O) groups is 4. The molecule has 0 N–H and O–H groups in total. The molecular weight excluding hydrogens is 548 g/mol. The second-order valence-corrected chi connectivity index (χ2v) is 10.4. The van der Waals surface area contributed by atoms with E-state index in [1.165, 1.54) is 4.90 Å². The number of ether oxygens (including phenoxy) is 1. The van der Waals surface area contributed by atoms with E-state index in [0.717, 1.165) is 15.2 Å². The summed E-state index contributed by atoms with van der Waals surface area (Å²) >= 11 is 3.39. The van der Waals surface area contributed by atoms with Crippen LogP contribution in [0.15, 0.2) is 95.1 Å². The van der Waals surface area contributed by atoms with Gasteiger partial charge in [0.1, 0.15) is 6.04 Å². The van der Waals surface area contributed by atoms with Crippen molar-refractivity contribution in [2.45, 2.75) is 19.0 Å². The number of fused-ring (bicyclic) bond motifs is 4. The van der Waals surface area contributed by atoms with Crippen molar-refractivity contribution < 1.29 is 23.9 Å². The van der Waals surface area contributed by atoms with Crippen molar-refractivity contribution in [3.05, 3.63) is 101 Å². The molecule has 0 spiro atoms. The summed E-state index contributed by atoms with van der Waals surface area (Å²) in [5, 5.41) is 1.67. The van der Waals surface area contributed by atoms with Crippen molar-refractivity contribution in [2.24, 2.45) is 11.8 Å². The van der Waals surface area contributed by atoms with Crippen LogP contribution in [0.4, 0.5) is 5.69 Å². The molecule has 190 valence electrons. The summed E-state index contributed by atoms with van der Waals surface area (Å²) in [4.78, 5) is 57.5. The third-order valence-corrected chi connectivity index (χ3v) is 7.99. The number of hydrogen-bond acceptors (Lipinski definition) is 6. The molecule has 4 atom stereocenters. The highest BCUT2D eigenvalue weighted by Crippen LogP contribution is 2.48. The third-order valence-electron chi connectivity index (χ3n) is 7.46. The van der Waals surface area contributed by atoms with Crippen molar-refractivity contribution in [3.8, 4) is 0 Å². The molecule has 3 heterocycles. The van der Waals surface area contributed by atoms with E-state index in [4.69, 9.17) is 4.74 Å². The summed E-state index contributed by atoms with van der Waals surface area (Å²) in [6.07, 6.45) is 4.87. The van der Waals surface area contributed by atoms with Crippen LogP contribution in [-0.4, -0.2) is 47.2 Å². The molecule has 38 heavy (non-hydrogen) atoms. The summed E-state index contributed by atoms with van der Waals surface area (Å²) in [5.74, 6) is -3.31. The van der Waals surface area contributed by atoms with Gasteiger partial charge in [-0.1, -0.05) is 64.5 Å². The van der Waals surface area contributed by atoms with Crippen molar-refractivity contribution >= 4 is 56.0 Å². The molecule has 2 fully saturated rings. The molecule has 3 aliphatic heterocycles. The largest absolute Gasteiger partial charge is 0.462 e. The zero-order valence-electron chi connectivity index (χ0n) is 20.4. The minimum absolute atomic E-state index is 0.210. The molecule has 0 aromatic heterocycles. The number of imide groups is 1. The molecule has 0 unspecified atom stereocenters. The van der Waals surface area contributed by atoms with E-state index in [1.54, 1.807) is 60.5 Å². The van der Waals surface area contributed by atoms with Crippen LogP contribution in [0, 0.1) is 11.8 Å². The lowest BCUT2D eigenvalue weighted by Crippen LogP contribution is -2.46. The van der Waals surface area contributed by atoms with Gasteiger partial charge in [-0.3, -0.25) is 14.4 Å². The quantitative estimate of drug-likeness (QED) is 0.252. The van der Waals surface area contributed by atoms with Crippen LogP contribution in [0.2, 0.25) is 0 Å². The van der Waals surface area contributed by atoms with Gasteiger partial charge < -0.3 is 9.64 Å². The monoisotopic (exact) mass is 570 g/mol. The van der Waals surface area contributed by atoms with E-state index in [0.29, 0.717) is 16.8 Å². The van der Waals surface area contributed by atoms with Gasteiger partial charge in [-0.2, -0.15) is 0 Å². The average molecular weight is 571 g/mol. The first-order chi connectivity index (χ1) is 18.4. The first-order valence-corrected chi connectivity index (χ1v) is 13.2. The molecule has 3 aliphatic rings. The number of hydrogen-bond donors (Lipinski definition) is 0. The summed E-state index contributed by atoms with van der Waals surface area (Å²) in [6.45, 7) is 1.93. The summed E-state index contributed by atoms with van der Waals surface area (Å²) in [5.41, 5.74) is 1.23. The van der Waals surface area contributed by atoms with Crippen LogP contribution in [-0.2, 0) is 19.1 Å². The van der Waals surface area contributed by atoms with Gasteiger partial charge in [0.2, 0.25) is 11.8 Å². The standard InChI is InChI=1S/C30H23BrN2O5/c1-2-38-30(37)19-14-15-32-23(16-19)24-25(26(32)27(34)18-10-12-20(31)13-11-18)29(36)33(28(24)35)22-9-5-7-17-6-3-4-8-21(17)22/h3-16,23-26H,2H2,1H3/t23-,24-,25+,26-/m1/s1. The summed E-state index contributed by atoms with van der Waals surface area (Å²) < 4.78 is 6.00. The highest BCUT2D eigenvalue weighted by molar-refractivity contribution is 9.10. The number of esters is 1. The maximum Gasteiger partial charge on any atom is 0.337 e. The summed E-state index contributed by atoms with van der Waals surface area (Å²) in [7, 11) is 0. The maximum absolute atomic E-state index is 14.1. The summed E-state index contributed by atoms with van der Waals surface area (Å²) in [6, 6.07) is 18.4. The van der Waals surface area contributed by atoms with Gasteiger partial charge in [-0.25, -0.2) is 9.69 Å². The molecule has 2 saturated heterocycles. The van der Waals surface area contributed by atoms with Crippen molar-refractivity contribution in [3.63, 3.8) is 0 Å². The minimum atomic E-state index is -0.912. The minimum Gasteiger partial charge on any atom is -0.462 e. The maximum atomic E-state index is 14.1. The van der Waals surface area contributed by atoms with Gasteiger partial charge in [0.15, 0.2) is 5.78 Å². The molecule has 8 heteroatoms. The molecule has 3 aromatic rings. The van der Waals surface area contributed by atoms with E-state index < -0.39 is 35.8 Å². The predicted molar refractivity (Wildman–Crippen MR) is 145 cm³/mol. The number of benzene rings is 3. The number of rotatable bonds is 5. The number of ketones is 1. The van der Waals surface area contributed by atoms with Gasteiger partial charge >= 0.3 is 5.97 Å². The van der Waals surface area contributed by atoms with E-state index in [9.17, 15) is 19.2 Å². The molecule has 0 aliphatic carbocycles. The Kier molecular flexibility index (Phi) is 5.99. The van der Waals surface area contributed by atoms with Gasteiger partial charge in [-0.05, 0) is 42.7 Å². The number of carbonyl (C=O) groups excluding carboxylic acids is 4. The van der Waals surface area contributed by atoms with Crippen molar-refractivity contribution in [1.82, 2.24) is 4.90 Å². The molecule has 6 rings (SSSR count). The van der Waals surface area contributed by atoms with Crippen LogP contribution in [0.1, 0.15) is 17.3 Å². The number of nitrogens with zero attached hydrogens (tertiary/aromatic N) is 2. The Balaban J connectivity index is 1.47. The Labute approximate surface area is 227 Å². The van der Waals surface area contributed by atoms with Gasteiger partial charge in [0.05, 0.1) is 35.7 Å². The van der Waals surface area contributed by atoms with Crippen LogP contribution in [0.5, 0.6) is 0 Å². The normalized spacial score (nSPS) is 23.9. The van der Waals surface area contributed by atoms with Crippen LogP contribution >= 0.6 is 15.9 Å². The first kappa shape index (κ1) is 24.3. The molecule has 0 bridgehead atoms. The number of Topliss-reactive ketones (excluding diaryl/α,β-unsaturated/α-hetero) is 1. The Hall–Kier alpha value is -4.04. The Morgan fingerprint density at radius 2 is 1.63 bits per heavy atom. The number of halogens is 1. The molecule has 0 radical (unpaired) electrons. The number of amides is 2. The predicted octanol–water partition coefficient (Wildman–Crippen LogP) is 4.66. The van der Waals surface area contributed by atoms with Crippen LogP contribution in [0.25, 0.3) is 10.8 Å². The molecule has 0 saturated carbocycles. The Morgan fingerprint density at radius 3 is 2.39 bits per heavy atom. The lowest BCUT2D eigenvalue weighted by atomic mass is 9.86. The molecular formula is C30H23BrN2O5. The van der Waals surface area contributed by atoms with Crippen molar-refractivity contribution in [1.29, 1.82) is 0 Å². The fourth-order valence-electron chi connectivity index (χ4n) is 5.82. The zero-order chi connectivity index (χ0) is 26.6. The molecule has 2 amide bonds. The smallest absolute Gasteiger partial charge is 0.337 e. The van der Waals surface area contributed by atoms with Crippen LogP contribution < -0.4 is 4.90 Å². The first-order valence-electron chi connectivity index (χ1n) is 12.4. The average Bonchev–Trinajstić information content (AvgIpc) is 3.40. The second kappa shape index (κ2) is 9.36. The Morgan fingerprint density at radius 1 is 0.921 bits per heavy atom. The Bertz CT molecular complexity index is 1560. The topological polar surface area (TPSA) is 84.0 Å². The fourth-order valence-corrected chi connectivity index (χ4v) is 6.09. The van der Waals surface area contributed by atoms with Gasteiger partial charge in [0.25, 0.3) is 0 Å². The number of anilines is 1. The van der Waals surface area contributed by atoms with Crippen LogP contribution in [0.3, 0.4) is 0 Å². The fraction of sp³-hybridized carbons (Fsp3) is 0.200. The lowest BCUT2D eigenvalue weighted by molar-refractivity contribution is -0.138. The zero-order valence-corrected chi connectivity index (χ0v) is 22.0. The van der Waals surface area contributed by atoms with E-state index >= 15 is 0 Å². The molecule has 7 nitrogen and oxygen atoms in total. The highest BCUT2D eigenvalue weighted by Gasteiger charge is 2.63. The molecule has 3 aromatic carbocycles. The van der Waals surface area contributed by atoms with Gasteiger partial charge in [-0.15, -0.1) is 0 Å².